The van der Waals surface area contributed by atoms with Gasteiger partial charge in [0.25, 0.3) is 5.69 Å². The van der Waals surface area contributed by atoms with Crippen LogP contribution in [-0.2, 0) is 13.1 Å². The summed E-state index contributed by atoms with van der Waals surface area (Å²) in [7, 11) is 1.83. The Kier molecular flexibility index (Phi) is 4.49. The Morgan fingerprint density at radius 2 is 1.95 bits per heavy atom. The lowest BCUT2D eigenvalue weighted by Gasteiger charge is -2.17. The van der Waals surface area contributed by atoms with Gasteiger partial charge in [-0.2, -0.15) is 0 Å². The van der Waals surface area contributed by atoms with Crippen molar-refractivity contribution in [3.05, 3.63) is 69.5 Å². The molecule has 6 heteroatoms. The minimum Gasteiger partial charge on any atom is -0.393 e. The zero-order valence-electron chi connectivity index (χ0n) is 11.6. The number of hydrogen-bond donors (Lipinski definition) is 1. The lowest BCUT2D eigenvalue weighted by atomic mass is 10.1. The van der Waals surface area contributed by atoms with Crippen LogP contribution < -0.4 is 5.73 Å². The van der Waals surface area contributed by atoms with E-state index in [2.05, 4.69) is 0 Å². The van der Waals surface area contributed by atoms with Gasteiger partial charge in [-0.1, -0.05) is 24.3 Å². The second-order valence-corrected chi connectivity index (χ2v) is 4.91. The molecule has 0 unspecified atom stereocenters. The van der Waals surface area contributed by atoms with Crippen molar-refractivity contribution in [3.8, 4) is 0 Å². The summed E-state index contributed by atoms with van der Waals surface area (Å²) in [6.07, 6.45) is 0. The molecule has 2 aromatic carbocycles. The van der Waals surface area contributed by atoms with Gasteiger partial charge < -0.3 is 5.73 Å². The Balaban J connectivity index is 2.09. The Bertz CT molecular complexity index is 661. The van der Waals surface area contributed by atoms with Crippen LogP contribution in [0.15, 0.2) is 42.5 Å². The van der Waals surface area contributed by atoms with E-state index < -0.39 is 4.92 Å². The van der Waals surface area contributed by atoms with E-state index in [9.17, 15) is 14.5 Å². The van der Waals surface area contributed by atoms with Crippen molar-refractivity contribution in [1.29, 1.82) is 0 Å². The van der Waals surface area contributed by atoms with Gasteiger partial charge >= 0.3 is 0 Å². The Morgan fingerprint density at radius 1 is 1.24 bits per heavy atom. The van der Waals surface area contributed by atoms with Crippen molar-refractivity contribution < 1.29 is 9.31 Å². The number of halogens is 1. The summed E-state index contributed by atoms with van der Waals surface area (Å²) in [5.74, 6) is -0.257. The first-order chi connectivity index (χ1) is 9.97. The maximum Gasteiger partial charge on any atom is 0.292 e. The number of anilines is 1. The summed E-state index contributed by atoms with van der Waals surface area (Å²) in [5, 5.41) is 10.9. The van der Waals surface area contributed by atoms with Crippen molar-refractivity contribution in [2.75, 3.05) is 12.8 Å². The first-order valence-corrected chi connectivity index (χ1v) is 6.42. The highest BCUT2D eigenvalue weighted by Gasteiger charge is 2.13. The summed E-state index contributed by atoms with van der Waals surface area (Å²) in [6.45, 7) is 0.889. The van der Waals surface area contributed by atoms with Gasteiger partial charge in [-0.25, -0.2) is 4.39 Å². The van der Waals surface area contributed by atoms with Crippen LogP contribution in [-0.4, -0.2) is 16.9 Å². The minimum atomic E-state index is -0.504. The lowest BCUT2D eigenvalue weighted by Crippen LogP contribution is -2.18. The second kappa shape index (κ2) is 6.32. The zero-order chi connectivity index (χ0) is 15.4. The maximum atomic E-state index is 13.6. The highest BCUT2D eigenvalue weighted by atomic mass is 19.1. The number of nitrogen functional groups attached to an aromatic ring is 1. The molecule has 110 valence electrons. The molecule has 0 aliphatic carbocycles. The van der Waals surface area contributed by atoms with Crippen LogP contribution in [0.2, 0.25) is 0 Å². The van der Waals surface area contributed by atoms with Crippen LogP contribution in [0.25, 0.3) is 0 Å². The van der Waals surface area contributed by atoms with Gasteiger partial charge in [0.2, 0.25) is 0 Å². The summed E-state index contributed by atoms with van der Waals surface area (Å²) in [5.41, 5.74) is 6.94. The van der Waals surface area contributed by atoms with Gasteiger partial charge in [0.05, 0.1) is 4.92 Å². The number of benzene rings is 2. The number of nitro benzene ring substituents is 1. The second-order valence-electron chi connectivity index (χ2n) is 4.91. The molecule has 0 atom stereocenters. The van der Waals surface area contributed by atoms with Crippen molar-refractivity contribution >= 4 is 11.4 Å². The molecule has 0 fully saturated rings. The molecule has 0 saturated heterocycles. The molecule has 5 nitrogen and oxygen atoms in total. The average molecular weight is 289 g/mol. The third kappa shape index (κ3) is 3.76. The topological polar surface area (TPSA) is 72.4 Å². The molecule has 0 aliphatic rings. The minimum absolute atomic E-state index is 0.105. The van der Waals surface area contributed by atoms with E-state index in [1.165, 1.54) is 18.2 Å². The molecule has 0 saturated carbocycles. The van der Waals surface area contributed by atoms with E-state index in [-0.39, 0.29) is 17.2 Å². The summed E-state index contributed by atoms with van der Waals surface area (Å²) in [4.78, 5) is 12.2. The van der Waals surface area contributed by atoms with Gasteiger partial charge in [-0.05, 0) is 24.7 Å². The van der Waals surface area contributed by atoms with Gasteiger partial charge in [-0.15, -0.1) is 0 Å². The maximum absolute atomic E-state index is 13.6. The van der Waals surface area contributed by atoms with Gasteiger partial charge in [-0.3, -0.25) is 15.0 Å². The number of nitrogens with zero attached hydrogens (tertiary/aromatic N) is 2. The molecule has 2 rings (SSSR count). The standard InChI is InChI=1S/C15H16FN3O2/c1-18(10-12-4-2-3-5-13(12)16)9-11-6-7-14(17)15(8-11)19(20)21/h2-8H,9-10,17H2,1H3. The Hall–Kier alpha value is -2.47. The van der Waals surface area contributed by atoms with E-state index in [1.807, 2.05) is 11.9 Å². The van der Waals surface area contributed by atoms with Crippen LogP contribution in [0.1, 0.15) is 11.1 Å². The molecular formula is C15H16FN3O2. The fourth-order valence-electron chi connectivity index (χ4n) is 2.13. The molecule has 0 bridgehead atoms. The summed E-state index contributed by atoms with van der Waals surface area (Å²) < 4.78 is 13.6. The predicted molar refractivity (Wildman–Crippen MR) is 79.1 cm³/mol. The highest BCUT2D eigenvalue weighted by Crippen LogP contribution is 2.23. The van der Waals surface area contributed by atoms with E-state index in [0.29, 0.717) is 18.7 Å². The number of nitro groups is 1. The smallest absolute Gasteiger partial charge is 0.292 e. The molecule has 21 heavy (non-hydrogen) atoms. The molecular weight excluding hydrogens is 273 g/mol. The normalized spacial score (nSPS) is 10.8. The third-order valence-electron chi connectivity index (χ3n) is 3.14. The molecule has 0 aliphatic heterocycles. The van der Waals surface area contributed by atoms with Crippen LogP contribution >= 0.6 is 0 Å². The largest absolute Gasteiger partial charge is 0.393 e. The number of rotatable bonds is 5. The van der Waals surface area contributed by atoms with E-state index in [1.54, 1.807) is 24.3 Å². The van der Waals surface area contributed by atoms with Gasteiger partial charge in [0, 0.05) is 24.7 Å². The van der Waals surface area contributed by atoms with E-state index >= 15 is 0 Å². The Labute approximate surface area is 122 Å². The molecule has 0 amide bonds. The molecule has 0 heterocycles. The van der Waals surface area contributed by atoms with Crippen LogP contribution in [0.3, 0.4) is 0 Å². The average Bonchev–Trinajstić information content (AvgIpc) is 2.43. The molecule has 2 aromatic rings. The fraction of sp³-hybridized carbons (Fsp3) is 0.200. The summed E-state index contributed by atoms with van der Waals surface area (Å²) in [6, 6.07) is 11.3. The third-order valence-corrected chi connectivity index (χ3v) is 3.14. The monoisotopic (exact) mass is 289 g/mol. The lowest BCUT2D eigenvalue weighted by molar-refractivity contribution is -0.384. The van der Waals surface area contributed by atoms with Crippen molar-refractivity contribution in [2.45, 2.75) is 13.1 Å². The first kappa shape index (κ1) is 14.9. The highest BCUT2D eigenvalue weighted by molar-refractivity contribution is 5.59. The van der Waals surface area contributed by atoms with Gasteiger partial charge in [0.15, 0.2) is 0 Å². The van der Waals surface area contributed by atoms with Crippen molar-refractivity contribution in [2.24, 2.45) is 0 Å². The molecule has 0 aromatic heterocycles. The van der Waals surface area contributed by atoms with Crippen LogP contribution in [0.4, 0.5) is 15.8 Å². The van der Waals surface area contributed by atoms with Crippen LogP contribution in [0.5, 0.6) is 0 Å². The number of nitrogens with two attached hydrogens (primary N) is 1. The van der Waals surface area contributed by atoms with Crippen molar-refractivity contribution in [3.63, 3.8) is 0 Å². The predicted octanol–water partition coefficient (Wildman–Crippen LogP) is 2.95. The summed E-state index contributed by atoms with van der Waals surface area (Å²) >= 11 is 0. The fourth-order valence-corrected chi connectivity index (χ4v) is 2.13. The van der Waals surface area contributed by atoms with Crippen LogP contribution in [0, 0.1) is 15.9 Å². The first-order valence-electron chi connectivity index (χ1n) is 6.42. The van der Waals surface area contributed by atoms with Crippen molar-refractivity contribution in [1.82, 2.24) is 4.90 Å². The SMILES string of the molecule is CN(Cc1ccc(N)c([N+](=O)[O-])c1)Cc1ccccc1F. The Morgan fingerprint density at radius 3 is 2.62 bits per heavy atom. The van der Waals surface area contributed by atoms with E-state index in [0.717, 1.165) is 5.56 Å². The van der Waals surface area contributed by atoms with Gasteiger partial charge in [0.1, 0.15) is 11.5 Å². The van der Waals surface area contributed by atoms with E-state index in [4.69, 9.17) is 5.73 Å². The zero-order valence-corrected chi connectivity index (χ0v) is 11.6. The number of hydrogen-bond acceptors (Lipinski definition) is 4. The molecule has 0 radical (unpaired) electrons. The molecule has 2 N–H and O–H groups in total. The molecule has 0 spiro atoms. The quantitative estimate of drug-likeness (QED) is 0.522.